The van der Waals surface area contributed by atoms with Crippen molar-refractivity contribution in [1.29, 1.82) is 0 Å². The Labute approximate surface area is 134 Å². The van der Waals surface area contributed by atoms with E-state index in [1.807, 2.05) is 13.0 Å². The Bertz CT molecular complexity index is 784. The third-order valence-electron chi connectivity index (χ3n) is 4.55. The highest BCUT2D eigenvalue weighted by atomic mass is 16.4. The number of nitrogens with one attached hydrogen (secondary N) is 1. The minimum atomic E-state index is -1.05. The number of amides is 1. The van der Waals surface area contributed by atoms with Crippen LogP contribution < -0.4 is 5.32 Å². The minimum absolute atomic E-state index is 0.128. The highest BCUT2D eigenvalue weighted by Crippen LogP contribution is 2.36. The lowest BCUT2D eigenvalue weighted by molar-refractivity contribution is -0.143. The molecule has 0 radical (unpaired) electrons. The third-order valence-corrected chi connectivity index (χ3v) is 4.55. The van der Waals surface area contributed by atoms with Gasteiger partial charge in [0.2, 0.25) is 5.91 Å². The van der Waals surface area contributed by atoms with Crippen LogP contribution in [0, 0.1) is 6.92 Å². The van der Waals surface area contributed by atoms with Gasteiger partial charge < -0.3 is 14.8 Å². The van der Waals surface area contributed by atoms with E-state index >= 15 is 0 Å². The molecule has 1 aromatic heterocycles. The predicted octanol–water partition coefficient (Wildman–Crippen LogP) is 3.14. The Morgan fingerprint density at radius 3 is 2.61 bits per heavy atom. The summed E-state index contributed by atoms with van der Waals surface area (Å²) < 4.78 is 5.56. The van der Waals surface area contributed by atoms with Gasteiger partial charge >= 0.3 is 5.97 Å². The maximum absolute atomic E-state index is 12.2. The van der Waals surface area contributed by atoms with Crippen molar-refractivity contribution in [3.63, 3.8) is 0 Å². The smallest absolute Gasteiger partial charge is 0.329 e. The highest BCUT2D eigenvalue weighted by Gasteiger charge is 2.51. The summed E-state index contributed by atoms with van der Waals surface area (Å²) in [6.45, 7) is 6.31. The van der Waals surface area contributed by atoms with Crippen molar-refractivity contribution in [1.82, 2.24) is 5.32 Å². The zero-order chi connectivity index (χ0) is 16.8. The van der Waals surface area contributed by atoms with Gasteiger partial charge in [0.25, 0.3) is 0 Å². The zero-order valence-corrected chi connectivity index (χ0v) is 13.6. The lowest BCUT2D eigenvalue weighted by atomic mass is 9.95. The van der Waals surface area contributed by atoms with Crippen molar-refractivity contribution in [3.8, 4) is 0 Å². The minimum Gasteiger partial charge on any atom is -0.480 e. The maximum Gasteiger partial charge on any atom is 0.329 e. The van der Waals surface area contributed by atoms with Crippen molar-refractivity contribution < 1.29 is 19.1 Å². The molecule has 5 nitrogen and oxygen atoms in total. The number of carboxylic acids is 1. The Morgan fingerprint density at radius 1 is 1.35 bits per heavy atom. The second kappa shape index (κ2) is 5.41. The van der Waals surface area contributed by atoms with E-state index in [1.165, 1.54) is 11.1 Å². The van der Waals surface area contributed by atoms with Crippen LogP contribution in [0.25, 0.3) is 11.0 Å². The summed E-state index contributed by atoms with van der Waals surface area (Å²) in [5, 5.41) is 12.7. The predicted molar refractivity (Wildman–Crippen MR) is 86.5 cm³/mol. The van der Waals surface area contributed by atoms with E-state index in [9.17, 15) is 9.59 Å². The molecule has 1 heterocycles. The summed E-state index contributed by atoms with van der Waals surface area (Å²) in [5.41, 5.74) is 2.90. The number of carboxylic acid groups (broad SMARTS) is 1. The molecule has 2 N–H and O–H groups in total. The van der Waals surface area contributed by atoms with Crippen molar-refractivity contribution in [2.24, 2.45) is 0 Å². The first-order chi connectivity index (χ1) is 10.8. The highest BCUT2D eigenvalue weighted by molar-refractivity contribution is 5.93. The molecule has 5 heteroatoms. The molecule has 1 aliphatic rings. The number of aliphatic carboxylic acids is 1. The Balaban J connectivity index is 1.84. The van der Waals surface area contributed by atoms with Crippen LogP contribution in [0.3, 0.4) is 0 Å². The summed E-state index contributed by atoms with van der Waals surface area (Å²) in [5.74, 6) is -0.849. The molecule has 1 fully saturated rings. The van der Waals surface area contributed by atoms with Gasteiger partial charge in [0.1, 0.15) is 11.1 Å². The van der Waals surface area contributed by atoms with Crippen LogP contribution in [0.1, 0.15) is 49.3 Å². The largest absolute Gasteiger partial charge is 0.480 e. The van der Waals surface area contributed by atoms with Crippen molar-refractivity contribution in [3.05, 3.63) is 35.1 Å². The van der Waals surface area contributed by atoms with Crippen LogP contribution in [0.4, 0.5) is 0 Å². The van der Waals surface area contributed by atoms with E-state index in [0.717, 1.165) is 16.5 Å². The second-order valence-corrected chi connectivity index (χ2v) is 6.73. The van der Waals surface area contributed by atoms with Crippen LogP contribution in [0.15, 0.2) is 22.8 Å². The number of furan rings is 1. The summed E-state index contributed by atoms with van der Waals surface area (Å²) in [6, 6.07) is 4.07. The summed E-state index contributed by atoms with van der Waals surface area (Å²) in [7, 11) is 0. The standard InChI is InChI=1S/C18H21NO4/c1-10(2)13-8-14-12(9-23-15(14)6-11(13)3)7-16(20)19-18(4-5-18)17(21)22/h6,8-10H,4-5,7H2,1-3H3,(H,19,20)(H,21,22). The average molecular weight is 315 g/mol. The van der Waals surface area contributed by atoms with Crippen LogP contribution in [-0.4, -0.2) is 22.5 Å². The first-order valence-electron chi connectivity index (χ1n) is 7.87. The number of benzene rings is 1. The number of rotatable bonds is 5. The molecule has 0 atom stereocenters. The monoisotopic (exact) mass is 315 g/mol. The molecule has 3 rings (SSSR count). The average Bonchev–Trinajstić information content (AvgIpc) is 3.15. The number of aryl methyl sites for hydroxylation is 1. The third kappa shape index (κ3) is 2.83. The van der Waals surface area contributed by atoms with Crippen molar-refractivity contribution >= 4 is 22.8 Å². The van der Waals surface area contributed by atoms with Crippen LogP contribution in [-0.2, 0) is 16.0 Å². The number of carbonyl (C=O) groups excluding carboxylic acids is 1. The molecule has 122 valence electrons. The summed E-state index contributed by atoms with van der Waals surface area (Å²) in [6.07, 6.45) is 2.71. The van der Waals surface area contributed by atoms with Gasteiger partial charge in [-0.3, -0.25) is 4.79 Å². The van der Waals surface area contributed by atoms with Gasteiger partial charge in [-0.15, -0.1) is 0 Å². The molecule has 0 spiro atoms. The molecule has 1 saturated carbocycles. The first-order valence-corrected chi connectivity index (χ1v) is 7.87. The van der Waals surface area contributed by atoms with Crippen molar-refractivity contribution in [2.75, 3.05) is 0 Å². The second-order valence-electron chi connectivity index (χ2n) is 6.73. The van der Waals surface area contributed by atoms with Gasteiger partial charge in [0.15, 0.2) is 0 Å². The Hall–Kier alpha value is -2.30. The molecule has 1 aromatic carbocycles. The number of fused-ring (bicyclic) bond motifs is 1. The summed E-state index contributed by atoms with van der Waals surface area (Å²) >= 11 is 0. The normalized spacial score (nSPS) is 15.8. The number of carbonyl (C=O) groups is 2. The molecular formula is C18H21NO4. The van der Waals surface area contributed by atoms with Crippen LogP contribution >= 0.6 is 0 Å². The van der Waals surface area contributed by atoms with E-state index < -0.39 is 11.5 Å². The number of hydrogen-bond donors (Lipinski definition) is 2. The van der Waals surface area contributed by atoms with Crippen molar-refractivity contribution in [2.45, 2.75) is 51.5 Å². The molecule has 1 aliphatic carbocycles. The molecule has 23 heavy (non-hydrogen) atoms. The van der Waals surface area contributed by atoms with E-state index in [-0.39, 0.29) is 12.3 Å². The van der Waals surface area contributed by atoms with Gasteiger partial charge in [-0.1, -0.05) is 13.8 Å². The van der Waals surface area contributed by atoms with E-state index in [0.29, 0.717) is 18.8 Å². The van der Waals surface area contributed by atoms with Gasteiger partial charge in [-0.2, -0.15) is 0 Å². The topological polar surface area (TPSA) is 79.5 Å². The number of hydrogen-bond acceptors (Lipinski definition) is 3. The zero-order valence-electron chi connectivity index (χ0n) is 13.6. The lowest BCUT2D eigenvalue weighted by Crippen LogP contribution is -2.43. The van der Waals surface area contributed by atoms with Gasteiger partial charge in [-0.25, -0.2) is 4.79 Å². The van der Waals surface area contributed by atoms with Crippen LogP contribution in [0.5, 0.6) is 0 Å². The first kappa shape index (κ1) is 15.6. The van der Waals surface area contributed by atoms with Gasteiger partial charge in [0, 0.05) is 10.9 Å². The quantitative estimate of drug-likeness (QED) is 0.888. The molecular weight excluding hydrogens is 294 g/mol. The van der Waals surface area contributed by atoms with Crippen LogP contribution in [0.2, 0.25) is 0 Å². The van der Waals surface area contributed by atoms with E-state index in [1.54, 1.807) is 6.26 Å². The lowest BCUT2D eigenvalue weighted by Gasteiger charge is -2.12. The molecule has 0 saturated heterocycles. The molecule has 0 unspecified atom stereocenters. The fourth-order valence-electron chi connectivity index (χ4n) is 3.01. The molecule has 1 amide bonds. The van der Waals surface area contributed by atoms with E-state index in [2.05, 4.69) is 25.2 Å². The summed E-state index contributed by atoms with van der Waals surface area (Å²) in [4.78, 5) is 23.3. The molecule has 2 aromatic rings. The molecule has 0 bridgehead atoms. The fraction of sp³-hybridized carbons (Fsp3) is 0.444. The Morgan fingerprint density at radius 2 is 2.04 bits per heavy atom. The van der Waals surface area contributed by atoms with Gasteiger partial charge in [-0.05, 0) is 48.9 Å². The SMILES string of the molecule is Cc1cc2occ(CC(=O)NC3(C(=O)O)CC3)c2cc1C(C)C. The van der Waals surface area contributed by atoms with Gasteiger partial charge in [0.05, 0.1) is 12.7 Å². The molecule has 0 aliphatic heterocycles. The maximum atomic E-state index is 12.2. The fourth-order valence-corrected chi connectivity index (χ4v) is 3.01. The Kier molecular flexibility index (Phi) is 3.66. The van der Waals surface area contributed by atoms with E-state index in [4.69, 9.17) is 9.52 Å².